The zero-order valence-corrected chi connectivity index (χ0v) is 15.3. The predicted molar refractivity (Wildman–Crippen MR) is 103 cm³/mol. The Balaban J connectivity index is 1.88. The summed E-state index contributed by atoms with van der Waals surface area (Å²) in [4.78, 5) is 2.14. The van der Waals surface area contributed by atoms with Gasteiger partial charge < -0.3 is 9.64 Å². The second-order valence-electron chi connectivity index (χ2n) is 6.14. The maximum atomic E-state index is 6.02. The van der Waals surface area contributed by atoms with Crippen LogP contribution in [0.5, 0.6) is 5.88 Å². The lowest BCUT2D eigenvalue weighted by atomic mass is 10.1. The molecule has 130 valence electrons. The molecule has 3 aromatic rings. The van der Waals surface area contributed by atoms with Crippen molar-refractivity contribution in [3.05, 3.63) is 65.8 Å². The molecular formula is C20H22ClN3O. The Labute approximate surface area is 153 Å². The molecule has 0 N–H and O–H groups in total. The first-order valence-corrected chi connectivity index (χ1v) is 8.70. The summed E-state index contributed by atoms with van der Waals surface area (Å²) in [6, 6.07) is 17.8. The topological polar surface area (TPSA) is 30.3 Å². The number of hydrogen-bond donors (Lipinski definition) is 0. The van der Waals surface area contributed by atoms with Crippen molar-refractivity contribution in [3.8, 4) is 22.7 Å². The molecule has 0 aliphatic heterocycles. The van der Waals surface area contributed by atoms with E-state index in [1.807, 2.05) is 65.5 Å². The van der Waals surface area contributed by atoms with E-state index in [1.165, 1.54) is 0 Å². The third-order valence-electron chi connectivity index (χ3n) is 3.84. The summed E-state index contributed by atoms with van der Waals surface area (Å²) in [6.07, 6.45) is 2.95. The van der Waals surface area contributed by atoms with Crippen molar-refractivity contribution in [1.29, 1.82) is 0 Å². The molecule has 0 unspecified atom stereocenters. The summed E-state index contributed by atoms with van der Waals surface area (Å²) >= 11 is 6.02. The normalized spacial score (nSPS) is 11.0. The Kier molecular flexibility index (Phi) is 5.74. The van der Waals surface area contributed by atoms with Crippen LogP contribution in [-0.2, 0) is 0 Å². The van der Waals surface area contributed by atoms with E-state index in [4.69, 9.17) is 16.3 Å². The van der Waals surface area contributed by atoms with Crippen LogP contribution in [0.1, 0.15) is 6.42 Å². The third kappa shape index (κ3) is 4.62. The van der Waals surface area contributed by atoms with Crippen molar-refractivity contribution in [2.45, 2.75) is 6.42 Å². The Morgan fingerprint density at radius 1 is 1.04 bits per heavy atom. The summed E-state index contributed by atoms with van der Waals surface area (Å²) in [5.41, 5.74) is 3.00. The van der Waals surface area contributed by atoms with Gasteiger partial charge in [-0.25, -0.2) is 4.68 Å². The third-order valence-corrected chi connectivity index (χ3v) is 4.10. The van der Waals surface area contributed by atoms with E-state index < -0.39 is 0 Å². The van der Waals surface area contributed by atoms with Gasteiger partial charge in [0.25, 0.3) is 0 Å². The van der Waals surface area contributed by atoms with E-state index in [0.29, 0.717) is 17.5 Å². The number of nitrogens with zero attached hydrogens (tertiary/aromatic N) is 3. The van der Waals surface area contributed by atoms with E-state index in [1.54, 1.807) is 0 Å². The summed E-state index contributed by atoms with van der Waals surface area (Å²) < 4.78 is 7.84. The number of aromatic nitrogens is 2. The second-order valence-corrected chi connectivity index (χ2v) is 6.58. The van der Waals surface area contributed by atoms with Crippen LogP contribution in [0.4, 0.5) is 0 Å². The van der Waals surface area contributed by atoms with Crippen molar-refractivity contribution in [2.24, 2.45) is 0 Å². The SMILES string of the molecule is CN(C)CCCOc1nn(-c2ccccc2)cc1-c1ccc(Cl)cc1. The Morgan fingerprint density at radius 3 is 2.44 bits per heavy atom. The van der Waals surface area contributed by atoms with Crippen molar-refractivity contribution in [3.63, 3.8) is 0 Å². The fraction of sp³-hybridized carbons (Fsp3) is 0.250. The van der Waals surface area contributed by atoms with E-state index >= 15 is 0 Å². The molecular weight excluding hydrogens is 334 g/mol. The molecule has 0 amide bonds. The molecule has 2 aromatic carbocycles. The van der Waals surface area contributed by atoms with Crippen LogP contribution < -0.4 is 4.74 Å². The van der Waals surface area contributed by atoms with Crippen LogP contribution in [-0.4, -0.2) is 41.9 Å². The first-order chi connectivity index (χ1) is 12.1. The average Bonchev–Trinajstić information content (AvgIpc) is 3.04. The largest absolute Gasteiger partial charge is 0.476 e. The highest BCUT2D eigenvalue weighted by atomic mass is 35.5. The molecule has 0 radical (unpaired) electrons. The summed E-state index contributed by atoms with van der Waals surface area (Å²) in [7, 11) is 4.12. The number of ether oxygens (including phenoxy) is 1. The number of rotatable bonds is 7. The molecule has 5 heteroatoms. The first kappa shape index (κ1) is 17.5. The standard InChI is InChI=1S/C20H22ClN3O/c1-23(2)13-6-14-25-20-19(16-9-11-17(21)12-10-16)15-24(22-20)18-7-4-3-5-8-18/h3-5,7-12,15H,6,13-14H2,1-2H3. The van der Waals surface area contributed by atoms with Crippen molar-refractivity contribution in [2.75, 3.05) is 27.2 Å². The molecule has 4 nitrogen and oxygen atoms in total. The Morgan fingerprint density at radius 2 is 1.76 bits per heavy atom. The van der Waals surface area contributed by atoms with Gasteiger partial charge in [-0.3, -0.25) is 0 Å². The first-order valence-electron chi connectivity index (χ1n) is 8.32. The van der Waals surface area contributed by atoms with Crippen molar-refractivity contribution < 1.29 is 4.74 Å². The van der Waals surface area contributed by atoms with Gasteiger partial charge >= 0.3 is 0 Å². The molecule has 0 saturated carbocycles. The van der Waals surface area contributed by atoms with E-state index in [9.17, 15) is 0 Å². The van der Waals surface area contributed by atoms with Gasteiger partial charge in [0.1, 0.15) is 0 Å². The molecule has 3 rings (SSSR count). The minimum atomic E-state index is 0.630. The van der Waals surface area contributed by atoms with Crippen LogP contribution in [0.3, 0.4) is 0 Å². The number of hydrogen-bond acceptors (Lipinski definition) is 3. The molecule has 0 bridgehead atoms. The fourth-order valence-electron chi connectivity index (χ4n) is 2.55. The van der Waals surface area contributed by atoms with Crippen molar-refractivity contribution >= 4 is 11.6 Å². The Hall–Kier alpha value is -2.30. The highest BCUT2D eigenvalue weighted by Crippen LogP contribution is 2.31. The number of benzene rings is 2. The molecule has 0 saturated heterocycles. The van der Waals surface area contributed by atoms with Gasteiger partial charge in [0, 0.05) is 17.8 Å². The maximum Gasteiger partial charge on any atom is 0.241 e. The molecule has 0 spiro atoms. The quantitative estimate of drug-likeness (QED) is 0.583. The van der Waals surface area contributed by atoms with Gasteiger partial charge in [0.05, 0.1) is 17.9 Å². The van der Waals surface area contributed by atoms with Crippen LogP contribution in [0.15, 0.2) is 60.8 Å². The van der Waals surface area contributed by atoms with E-state index in [2.05, 4.69) is 24.1 Å². The van der Waals surface area contributed by atoms with E-state index in [-0.39, 0.29) is 0 Å². The smallest absolute Gasteiger partial charge is 0.241 e. The van der Waals surface area contributed by atoms with Crippen LogP contribution >= 0.6 is 11.6 Å². The highest BCUT2D eigenvalue weighted by molar-refractivity contribution is 6.30. The van der Waals surface area contributed by atoms with Gasteiger partial charge in [-0.15, -0.1) is 5.10 Å². The zero-order chi connectivity index (χ0) is 17.6. The molecule has 1 heterocycles. The number of halogens is 1. The summed E-state index contributed by atoms with van der Waals surface area (Å²) in [5, 5.41) is 5.36. The number of para-hydroxylation sites is 1. The van der Waals surface area contributed by atoms with Crippen LogP contribution in [0.25, 0.3) is 16.8 Å². The monoisotopic (exact) mass is 355 g/mol. The summed E-state index contributed by atoms with van der Waals surface area (Å²) in [6.45, 7) is 1.61. The molecule has 0 atom stereocenters. The molecule has 0 aliphatic rings. The van der Waals surface area contributed by atoms with Gasteiger partial charge in [-0.2, -0.15) is 0 Å². The zero-order valence-electron chi connectivity index (χ0n) is 14.5. The van der Waals surface area contributed by atoms with E-state index in [0.717, 1.165) is 29.8 Å². The molecule has 0 fully saturated rings. The minimum Gasteiger partial charge on any atom is -0.476 e. The van der Waals surface area contributed by atoms with Gasteiger partial charge in [0.2, 0.25) is 5.88 Å². The van der Waals surface area contributed by atoms with Gasteiger partial charge in [0.15, 0.2) is 0 Å². The lowest BCUT2D eigenvalue weighted by Gasteiger charge is -2.10. The van der Waals surface area contributed by atoms with Crippen LogP contribution in [0, 0.1) is 0 Å². The summed E-state index contributed by atoms with van der Waals surface area (Å²) in [5.74, 6) is 0.643. The van der Waals surface area contributed by atoms with Gasteiger partial charge in [-0.1, -0.05) is 41.9 Å². The molecule has 25 heavy (non-hydrogen) atoms. The molecule has 1 aromatic heterocycles. The fourth-order valence-corrected chi connectivity index (χ4v) is 2.68. The second kappa shape index (κ2) is 8.19. The average molecular weight is 356 g/mol. The van der Waals surface area contributed by atoms with Crippen molar-refractivity contribution in [1.82, 2.24) is 14.7 Å². The Bertz CT molecular complexity index is 798. The molecule has 0 aliphatic carbocycles. The predicted octanol–water partition coefficient (Wildman–Crippen LogP) is 4.52. The van der Waals surface area contributed by atoms with Crippen LogP contribution in [0.2, 0.25) is 5.02 Å². The minimum absolute atomic E-state index is 0.630. The van der Waals surface area contributed by atoms with Gasteiger partial charge in [-0.05, 0) is 50.3 Å². The maximum absolute atomic E-state index is 6.02. The lowest BCUT2D eigenvalue weighted by molar-refractivity contribution is 0.273. The highest BCUT2D eigenvalue weighted by Gasteiger charge is 2.13. The lowest BCUT2D eigenvalue weighted by Crippen LogP contribution is -2.15.